The molecule has 5 rings (SSSR count). The van der Waals surface area contributed by atoms with Gasteiger partial charge in [0.25, 0.3) is 0 Å². The Hall–Kier alpha value is -4.25. The molecule has 0 aliphatic carbocycles. The third kappa shape index (κ3) is 4.29. The maximum Gasteiger partial charge on any atom is 0.355 e. The van der Waals surface area contributed by atoms with Crippen molar-refractivity contribution in [2.24, 2.45) is 5.73 Å². The largest absolute Gasteiger partial charge is 0.490 e. The van der Waals surface area contributed by atoms with Gasteiger partial charge in [0, 0.05) is 21.7 Å². The van der Waals surface area contributed by atoms with Gasteiger partial charge in [-0.15, -0.1) is 11.3 Å². The molecule has 6 nitrogen and oxygen atoms in total. The summed E-state index contributed by atoms with van der Waals surface area (Å²) in [6.45, 7) is 4.02. The van der Waals surface area contributed by atoms with Gasteiger partial charge in [0.1, 0.15) is 40.4 Å². The fraction of sp³-hybridized carbons (Fsp3) is 0.0714. The number of carbonyl (C=O) groups excluding carboxylic acids is 1. The van der Waals surface area contributed by atoms with E-state index in [2.05, 4.69) is 12.6 Å². The van der Waals surface area contributed by atoms with Crippen molar-refractivity contribution >= 4 is 39.0 Å². The lowest BCUT2D eigenvalue weighted by Crippen LogP contribution is -2.21. The highest BCUT2D eigenvalue weighted by Crippen LogP contribution is 2.44. The normalized spacial score (nSPS) is 14.5. The lowest BCUT2D eigenvalue weighted by Gasteiger charge is -2.27. The molecule has 178 valence electrons. The maximum absolute atomic E-state index is 12.9. The first-order chi connectivity index (χ1) is 17.5. The summed E-state index contributed by atoms with van der Waals surface area (Å²) in [5.74, 6) is 0.240. The molecule has 2 N–H and O–H groups in total. The number of ether oxygens (including phenoxy) is 3. The molecule has 0 amide bonds. The standard InChI is InChI=1S/C28H19ClN2O4S/c1-2-12-33-17-7-5-6-16(13-17)24-19-11-10-18(14-22(19)35-27(31)21(24)15-30)34-28(32)26-25(29)20-8-3-4-9-23(20)36-26/h2-11,13-14,24H,1,12,31H2. The number of hydrogen-bond acceptors (Lipinski definition) is 7. The topological polar surface area (TPSA) is 94.6 Å². The highest BCUT2D eigenvalue weighted by molar-refractivity contribution is 7.21. The van der Waals surface area contributed by atoms with Crippen molar-refractivity contribution in [3.8, 4) is 23.3 Å². The summed E-state index contributed by atoms with van der Waals surface area (Å²) >= 11 is 7.70. The van der Waals surface area contributed by atoms with Gasteiger partial charge in [-0.2, -0.15) is 5.26 Å². The zero-order valence-electron chi connectivity index (χ0n) is 18.9. The number of fused-ring (bicyclic) bond motifs is 2. The predicted octanol–water partition coefficient (Wildman–Crippen LogP) is 6.56. The van der Waals surface area contributed by atoms with Crippen LogP contribution in [-0.2, 0) is 0 Å². The molecule has 1 aromatic heterocycles. The number of nitrogens with zero attached hydrogens (tertiary/aromatic N) is 1. The van der Waals surface area contributed by atoms with Crippen molar-refractivity contribution in [3.63, 3.8) is 0 Å². The van der Waals surface area contributed by atoms with Gasteiger partial charge in [0.15, 0.2) is 0 Å². The fourth-order valence-corrected chi connectivity index (χ4v) is 5.46. The highest BCUT2D eigenvalue weighted by atomic mass is 35.5. The van der Waals surface area contributed by atoms with E-state index in [-0.39, 0.29) is 17.2 Å². The van der Waals surface area contributed by atoms with E-state index in [1.165, 1.54) is 11.3 Å². The minimum Gasteiger partial charge on any atom is -0.490 e. The Bertz CT molecular complexity index is 1580. The highest BCUT2D eigenvalue weighted by Gasteiger charge is 2.31. The van der Waals surface area contributed by atoms with Crippen LogP contribution >= 0.6 is 22.9 Å². The van der Waals surface area contributed by atoms with Gasteiger partial charge < -0.3 is 19.9 Å². The van der Waals surface area contributed by atoms with Gasteiger partial charge in [0.2, 0.25) is 5.88 Å². The number of esters is 1. The van der Waals surface area contributed by atoms with Crippen molar-refractivity contribution in [3.05, 3.63) is 112 Å². The van der Waals surface area contributed by atoms with Gasteiger partial charge in [-0.05, 0) is 29.8 Å². The molecule has 1 atom stereocenters. The molecule has 1 unspecified atom stereocenters. The number of nitriles is 1. The molecule has 0 bridgehead atoms. The monoisotopic (exact) mass is 514 g/mol. The first-order valence-electron chi connectivity index (χ1n) is 10.9. The molecule has 0 spiro atoms. The van der Waals surface area contributed by atoms with Crippen molar-refractivity contribution in [1.82, 2.24) is 0 Å². The number of halogens is 1. The molecule has 0 radical (unpaired) electrons. The van der Waals surface area contributed by atoms with Crippen LogP contribution in [0.5, 0.6) is 17.2 Å². The van der Waals surface area contributed by atoms with Crippen molar-refractivity contribution in [2.45, 2.75) is 5.92 Å². The van der Waals surface area contributed by atoms with Crippen LogP contribution in [0.3, 0.4) is 0 Å². The maximum atomic E-state index is 12.9. The lowest BCUT2D eigenvalue weighted by molar-refractivity contribution is 0.0740. The molecule has 0 saturated heterocycles. The van der Waals surface area contributed by atoms with Crippen molar-refractivity contribution in [2.75, 3.05) is 6.61 Å². The molecule has 0 saturated carbocycles. The number of allylic oxidation sites excluding steroid dienone is 1. The molecule has 0 fully saturated rings. The third-order valence-corrected chi connectivity index (χ3v) is 7.34. The number of rotatable bonds is 6. The smallest absolute Gasteiger partial charge is 0.355 e. The summed E-state index contributed by atoms with van der Waals surface area (Å²) in [6, 6.07) is 22.1. The lowest BCUT2D eigenvalue weighted by atomic mass is 9.83. The predicted molar refractivity (Wildman–Crippen MR) is 140 cm³/mol. The van der Waals surface area contributed by atoms with E-state index in [1.807, 2.05) is 48.5 Å². The Morgan fingerprint density at radius 2 is 2.00 bits per heavy atom. The van der Waals surface area contributed by atoms with Gasteiger partial charge in [-0.25, -0.2) is 4.79 Å². The Balaban J connectivity index is 1.48. The van der Waals surface area contributed by atoms with Crippen LogP contribution in [0.25, 0.3) is 10.1 Å². The van der Waals surface area contributed by atoms with Crippen LogP contribution in [0, 0.1) is 11.3 Å². The number of benzene rings is 3. The van der Waals surface area contributed by atoms with Crippen LogP contribution in [0.15, 0.2) is 90.8 Å². The summed E-state index contributed by atoms with van der Waals surface area (Å²) in [7, 11) is 0. The molecular formula is C28H19ClN2O4S. The summed E-state index contributed by atoms with van der Waals surface area (Å²) in [4.78, 5) is 13.2. The summed E-state index contributed by atoms with van der Waals surface area (Å²) < 4.78 is 17.9. The Kier molecular flexibility index (Phi) is 6.38. The van der Waals surface area contributed by atoms with Gasteiger partial charge in [0.05, 0.1) is 10.9 Å². The van der Waals surface area contributed by atoms with Crippen LogP contribution in [-0.4, -0.2) is 12.6 Å². The summed E-state index contributed by atoms with van der Waals surface area (Å²) in [5.41, 5.74) is 7.92. The minimum absolute atomic E-state index is 0.0107. The van der Waals surface area contributed by atoms with E-state index in [9.17, 15) is 10.1 Å². The van der Waals surface area contributed by atoms with Crippen molar-refractivity contribution in [1.29, 1.82) is 5.26 Å². The summed E-state index contributed by atoms with van der Waals surface area (Å²) in [5, 5.41) is 11.0. The van der Waals surface area contributed by atoms with E-state index in [0.29, 0.717) is 33.6 Å². The fourth-order valence-electron chi connectivity index (χ4n) is 4.08. The second kappa shape index (κ2) is 9.78. The van der Waals surface area contributed by atoms with Crippen LogP contribution in [0.4, 0.5) is 0 Å². The molecular weight excluding hydrogens is 496 g/mol. The Morgan fingerprint density at radius 3 is 2.78 bits per heavy atom. The van der Waals surface area contributed by atoms with Crippen LogP contribution in [0.1, 0.15) is 26.7 Å². The van der Waals surface area contributed by atoms with E-state index in [4.69, 9.17) is 31.5 Å². The van der Waals surface area contributed by atoms with E-state index in [1.54, 1.807) is 24.3 Å². The average molecular weight is 515 g/mol. The zero-order valence-corrected chi connectivity index (χ0v) is 20.4. The quantitative estimate of drug-likeness (QED) is 0.178. The number of hydrogen-bond donors (Lipinski definition) is 1. The van der Waals surface area contributed by atoms with E-state index >= 15 is 0 Å². The van der Waals surface area contributed by atoms with E-state index < -0.39 is 11.9 Å². The zero-order chi connectivity index (χ0) is 25.2. The van der Waals surface area contributed by atoms with Gasteiger partial charge in [-0.3, -0.25) is 0 Å². The summed E-state index contributed by atoms with van der Waals surface area (Å²) in [6.07, 6.45) is 1.66. The molecule has 3 aromatic carbocycles. The molecule has 1 aliphatic rings. The van der Waals surface area contributed by atoms with Gasteiger partial charge in [-0.1, -0.05) is 60.7 Å². The van der Waals surface area contributed by atoms with Crippen LogP contribution in [0.2, 0.25) is 5.02 Å². The number of thiophene rings is 1. The third-order valence-electron chi connectivity index (χ3n) is 5.68. The van der Waals surface area contributed by atoms with Crippen molar-refractivity contribution < 1.29 is 19.0 Å². The second-order valence-electron chi connectivity index (χ2n) is 7.93. The minimum atomic E-state index is -0.568. The molecule has 4 aromatic rings. The molecule has 2 heterocycles. The Labute approximate surface area is 216 Å². The SMILES string of the molecule is C=CCOc1cccc(C2C(C#N)=C(N)Oc3cc(OC(=O)c4sc5ccccc5c4Cl)ccc32)c1. The number of nitrogens with two attached hydrogens (primary N) is 1. The van der Waals surface area contributed by atoms with Crippen LogP contribution < -0.4 is 19.9 Å². The van der Waals surface area contributed by atoms with E-state index in [0.717, 1.165) is 15.6 Å². The van der Waals surface area contributed by atoms with Gasteiger partial charge >= 0.3 is 5.97 Å². The first kappa shape index (κ1) is 23.5. The first-order valence-corrected chi connectivity index (χ1v) is 12.1. The Morgan fingerprint density at radius 1 is 1.17 bits per heavy atom. The molecule has 1 aliphatic heterocycles. The number of carbonyl (C=O) groups is 1. The molecule has 8 heteroatoms. The molecule has 36 heavy (non-hydrogen) atoms. The second-order valence-corrected chi connectivity index (χ2v) is 9.36. The average Bonchev–Trinajstić information content (AvgIpc) is 3.23.